The summed E-state index contributed by atoms with van der Waals surface area (Å²) in [6, 6.07) is 24.7. The monoisotopic (exact) mass is 532 g/mol. The molecule has 6 atom stereocenters. The third kappa shape index (κ3) is 3.17. The molecule has 3 fully saturated rings. The molecular formula is C33H28N2O5. The first-order chi connectivity index (χ1) is 19.3. The maximum Gasteiger partial charge on any atom is 0.241 e. The van der Waals surface area contributed by atoms with E-state index in [-0.39, 0.29) is 35.8 Å². The van der Waals surface area contributed by atoms with Crippen molar-refractivity contribution in [3.63, 3.8) is 0 Å². The van der Waals surface area contributed by atoms with Crippen LogP contribution in [0.5, 0.6) is 5.75 Å². The van der Waals surface area contributed by atoms with Gasteiger partial charge < -0.3 is 5.11 Å². The molecule has 3 aromatic carbocycles. The van der Waals surface area contributed by atoms with E-state index >= 15 is 0 Å². The van der Waals surface area contributed by atoms with Crippen LogP contribution in [-0.4, -0.2) is 28.7 Å². The molecule has 200 valence electrons. The normalized spacial score (nSPS) is 31.1. The van der Waals surface area contributed by atoms with E-state index in [0.717, 1.165) is 5.57 Å². The lowest BCUT2D eigenvalue weighted by Gasteiger charge is -2.49. The largest absolute Gasteiger partial charge is 0.508 e. The van der Waals surface area contributed by atoms with Crippen LogP contribution < -0.4 is 9.80 Å². The van der Waals surface area contributed by atoms with Gasteiger partial charge in [0.05, 0.1) is 34.5 Å². The number of anilines is 2. The smallest absolute Gasteiger partial charge is 0.241 e. The summed E-state index contributed by atoms with van der Waals surface area (Å²) in [5, 5.41) is 11.0. The summed E-state index contributed by atoms with van der Waals surface area (Å²) in [6.07, 6.45) is 2.63. The second-order valence-electron chi connectivity index (χ2n) is 11.4. The van der Waals surface area contributed by atoms with Crippen LogP contribution >= 0.6 is 0 Å². The molecule has 0 bridgehead atoms. The summed E-state index contributed by atoms with van der Waals surface area (Å²) in [4.78, 5) is 58.5. The fourth-order valence-electron chi connectivity index (χ4n) is 7.75. The number of allylic oxidation sites excluding steroid dienone is 2. The first-order valence-electron chi connectivity index (χ1n) is 13.7. The number of phenols is 1. The molecule has 3 aromatic rings. The number of rotatable bonds is 3. The quantitative estimate of drug-likeness (QED) is 0.385. The number of hydrogen-bond acceptors (Lipinski definition) is 5. The molecule has 2 aliphatic carbocycles. The van der Waals surface area contributed by atoms with Crippen molar-refractivity contribution < 1.29 is 24.3 Å². The van der Waals surface area contributed by atoms with Gasteiger partial charge >= 0.3 is 0 Å². The van der Waals surface area contributed by atoms with Crippen LogP contribution in [0.2, 0.25) is 0 Å². The highest BCUT2D eigenvalue weighted by Crippen LogP contribution is 2.64. The zero-order valence-electron chi connectivity index (χ0n) is 21.9. The lowest BCUT2D eigenvalue weighted by atomic mass is 9.51. The average Bonchev–Trinajstić information content (AvgIpc) is 3.34. The molecule has 0 aromatic heterocycles. The van der Waals surface area contributed by atoms with Crippen LogP contribution in [0, 0.1) is 29.1 Å². The molecule has 2 heterocycles. The SMILES string of the molecule is CC12C(=O)N(c3ccccc3)C(=O)C1CC1C(=CCC3C(=O)N(c4ccccc4)C(=O)C31)C2c1ccccc1O. The highest BCUT2D eigenvalue weighted by atomic mass is 16.3. The van der Waals surface area contributed by atoms with E-state index < -0.39 is 35.0 Å². The predicted molar refractivity (Wildman–Crippen MR) is 148 cm³/mol. The van der Waals surface area contributed by atoms with Crippen LogP contribution in [0.4, 0.5) is 11.4 Å². The molecule has 4 amide bonds. The second-order valence-corrected chi connectivity index (χ2v) is 11.4. The maximum absolute atomic E-state index is 14.3. The van der Waals surface area contributed by atoms with Crippen molar-refractivity contribution in [3.05, 3.63) is 102 Å². The first kappa shape index (κ1) is 24.5. The highest BCUT2D eigenvalue weighted by molar-refractivity contribution is 6.25. The fraction of sp³-hybridized carbons (Fsp3) is 0.273. The number of phenolic OH excluding ortho intramolecular Hbond substituents is 1. The van der Waals surface area contributed by atoms with E-state index in [4.69, 9.17) is 0 Å². The van der Waals surface area contributed by atoms with Gasteiger partial charge in [-0.15, -0.1) is 0 Å². The van der Waals surface area contributed by atoms with E-state index in [2.05, 4.69) is 0 Å². The van der Waals surface area contributed by atoms with Crippen molar-refractivity contribution in [2.75, 3.05) is 9.80 Å². The number of benzene rings is 3. The van der Waals surface area contributed by atoms with Crippen molar-refractivity contribution in [2.45, 2.75) is 25.7 Å². The summed E-state index contributed by atoms with van der Waals surface area (Å²) in [6.45, 7) is 1.82. The zero-order valence-corrected chi connectivity index (χ0v) is 21.9. The molecule has 1 saturated carbocycles. The molecule has 0 radical (unpaired) electrons. The average molecular weight is 533 g/mol. The number of carbonyl (C=O) groups is 4. The summed E-state index contributed by atoms with van der Waals surface area (Å²) in [7, 11) is 0. The molecular weight excluding hydrogens is 504 g/mol. The Bertz CT molecular complexity index is 1600. The zero-order chi connectivity index (χ0) is 27.8. The Morgan fingerprint density at radius 3 is 1.98 bits per heavy atom. The lowest BCUT2D eigenvalue weighted by molar-refractivity contribution is -0.131. The van der Waals surface area contributed by atoms with Gasteiger partial charge in [0, 0.05) is 11.5 Å². The van der Waals surface area contributed by atoms with Gasteiger partial charge in [-0.1, -0.05) is 66.2 Å². The van der Waals surface area contributed by atoms with Gasteiger partial charge in [0.15, 0.2) is 0 Å². The van der Waals surface area contributed by atoms with Gasteiger partial charge in [-0.25, -0.2) is 4.90 Å². The summed E-state index contributed by atoms with van der Waals surface area (Å²) < 4.78 is 0. The number of aromatic hydroxyl groups is 1. The van der Waals surface area contributed by atoms with E-state index in [9.17, 15) is 24.3 Å². The summed E-state index contributed by atoms with van der Waals surface area (Å²) in [5.74, 6) is -4.03. The molecule has 1 N–H and O–H groups in total. The number of nitrogens with zero attached hydrogens (tertiary/aromatic N) is 2. The van der Waals surface area contributed by atoms with Gasteiger partial charge in [0.2, 0.25) is 23.6 Å². The predicted octanol–water partition coefficient (Wildman–Crippen LogP) is 4.83. The van der Waals surface area contributed by atoms with E-state index in [0.29, 0.717) is 23.4 Å². The highest BCUT2D eigenvalue weighted by Gasteiger charge is 2.67. The van der Waals surface area contributed by atoms with Crippen molar-refractivity contribution in [2.24, 2.45) is 29.1 Å². The van der Waals surface area contributed by atoms with Gasteiger partial charge in [0.25, 0.3) is 0 Å². The molecule has 7 nitrogen and oxygen atoms in total. The summed E-state index contributed by atoms with van der Waals surface area (Å²) in [5.41, 5.74) is 1.27. The first-order valence-corrected chi connectivity index (χ1v) is 13.7. The van der Waals surface area contributed by atoms with Crippen molar-refractivity contribution in [1.29, 1.82) is 0 Å². The molecule has 40 heavy (non-hydrogen) atoms. The summed E-state index contributed by atoms with van der Waals surface area (Å²) >= 11 is 0. The number of fused-ring (bicyclic) bond motifs is 4. The Hall–Kier alpha value is -4.52. The molecule has 7 heteroatoms. The Kier molecular flexibility index (Phi) is 5.36. The molecule has 7 rings (SSSR count). The number of imide groups is 2. The molecule has 0 spiro atoms. The van der Waals surface area contributed by atoms with Crippen LogP contribution in [0.15, 0.2) is 96.6 Å². The Labute approximate surface area is 231 Å². The number of para-hydroxylation sites is 3. The minimum atomic E-state index is -1.17. The van der Waals surface area contributed by atoms with Crippen LogP contribution in [0.25, 0.3) is 0 Å². The maximum atomic E-state index is 14.3. The number of hydrogen-bond donors (Lipinski definition) is 1. The van der Waals surface area contributed by atoms with E-state index in [1.165, 1.54) is 9.80 Å². The Morgan fingerprint density at radius 2 is 1.32 bits per heavy atom. The molecule has 2 saturated heterocycles. The van der Waals surface area contributed by atoms with E-state index in [1.54, 1.807) is 72.8 Å². The molecule has 6 unspecified atom stereocenters. The van der Waals surface area contributed by atoms with Gasteiger partial charge in [0.1, 0.15) is 5.75 Å². The minimum Gasteiger partial charge on any atom is -0.508 e. The topological polar surface area (TPSA) is 95.0 Å². The fourth-order valence-corrected chi connectivity index (χ4v) is 7.75. The van der Waals surface area contributed by atoms with Crippen molar-refractivity contribution in [1.82, 2.24) is 0 Å². The lowest BCUT2D eigenvalue weighted by Crippen LogP contribution is -2.48. The minimum absolute atomic E-state index is 0.0364. The number of carbonyl (C=O) groups excluding carboxylic acids is 4. The van der Waals surface area contributed by atoms with E-state index in [1.807, 2.05) is 25.1 Å². The van der Waals surface area contributed by atoms with Crippen LogP contribution in [0.1, 0.15) is 31.2 Å². The molecule has 4 aliphatic rings. The van der Waals surface area contributed by atoms with Gasteiger partial charge in [-0.3, -0.25) is 24.1 Å². The standard InChI is InChI=1S/C33H28N2O5/c1-33-25(30(38)35(32(33)40)20-12-6-3-7-13-20)18-24-21(28(33)22-14-8-9-15-26(22)36)16-17-23-27(24)31(39)34(29(23)37)19-10-4-2-5-11-19/h2-16,23-25,27-28,36H,17-18H2,1H3. The van der Waals surface area contributed by atoms with Gasteiger partial charge in [-0.05, 0) is 56.0 Å². The Morgan fingerprint density at radius 1 is 0.725 bits per heavy atom. The Balaban J connectivity index is 1.38. The third-order valence-corrected chi connectivity index (χ3v) is 9.55. The number of amides is 4. The van der Waals surface area contributed by atoms with Crippen molar-refractivity contribution in [3.8, 4) is 5.75 Å². The van der Waals surface area contributed by atoms with Gasteiger partial charge in [-0.2, -0.15) is 0 Å². The third-order valence-electron chi connectivity index (χ3n) is 9.55. The second kappa shape index (κ2) is 8.74. The molecule has 2 aliphatic heterocycles. The van der Waals surface area contributed by atoms with Crippen molar-refractivity contribution >= 4 is 35.0 Å². The van der Waals surface area contributed by atoms with Crippen LogP contribution in [0.3, 0.4) is 0 Å². The van der Waals surface area contributed by atoms with Crippen LogP contribution in [-0.2, 0) is 19.2 Å².